The van der Waals surface area contributed by atoms with Gasteiger partial charge < -0.3 is 9.50 Å². The second-order valence-electron chi connectivity index (χ2n) is 5.00. The molecule has 0 bridgehead atoms. The number of H-pyrrole nitrogens is 1. The largest absolute Gasteiger partial charge is 0.384 e. The standard InChI is InChI=1S/C14H16N4O3S/c1-3-5-15-10-7-11-13(14-9(10)8-17-18-14)12(4-6-16-11)21-22(2,19)20/h4,6-8,15H,3,5H2,1-2H3,(H,17,18). The molecule has 3 rings (SSSR count). The summed E-state index contributed by atoms with van der Waals surface area (Å²) in [5, 5.41) is 11.8. The molecule has 0 spiro atoms. The zero-order chi connectivity index (χ0) is 15.7. The number of pyridine rings is 1. The van der Waals surface area contributed by atoms with Crippen molar-refractivity contribution >= 4 is 37.6 Å². The lowest BCUT2D eigenvalue weighted by Gasteiger charge is -2.11. The van der Waals surface area contributed by atoms with E-state index in [1.54, 1.807) is 6.20 Å². The van der Waals surface area contributed by atoms with Crippen LogP contribution in [0.4, 0.5) is 5.69 Å². The van der Waals surface area contributed by atoms with E-state index in [9.17, 15) is 8.42 Å². The average Bonchev–Trinajstić information content (AvgIpc) is 2.92. The van der Waals surface area contributed by atoms with Crippen LogP contribution >= 0.6 is 0 Å². The van der Waals surface area contributed by atoms with Crippen molar-refractivity contribution in [2.45, 2.75) is 13.3 Å². The molecule has 22 heavy (non-hydrogen) atoms. The Morgan fingerprint density at radius 2 is 2.23 bits per heavy atom. The first-order valence-corrected chi connectivity index (χ1v) is 8.69. The minimum Gasteiger partial charge on any atom is -0.384 e. The summed E-state index contributed by atoms with van der Waals surface area (Å²) in [6.45, 7) is 2.90. The molecule has 0 amide bonds. The molecule has 0 atom stereocenters. The molecule has 3 aromatic rings. The molecule has 2 aromatic heterocycles. The summed E-state index contributed by atoms with van der Waals surface area (Å²) < 4.78 is 28.0. The molecular weight excluding hydrogens is 304 g/mol. The fraction of sp³-hybridized carbons (Fsp3) is 0.286. The highest BCUT2D eigenvalue weighted by atomic mass is 32.2. The number of fused-ring (bicyclic) bond motifs is 3. The smallest absolute Gasteiger partial charge is 0.306 e. The van der Waals surface area contributed by atoms with E-state index in [0.717, 1.165) is 30.3 Å². The number of hydrogen-bond acceptors (Lipinski definition) is 6. The first-order chi connectivity index (χ1) is 10.5. The van der Waals surface area contributed by atoms with E-state index < -0.39 is 10.1 Å². The van der Waals surface area contributed by atoms with Crippen molar-refractivity contribution < 1.29 is 12.6 Å². The Labute approximate surface area is 127 Å². The molecule has 0 aliphatic carbocycles. The molecular formula is C14H16N4O3S. The Hall–Kier alpha value is -2.35. The van der Waals surface area contributed by atoms with Gasteiger partial charge in [-0.3, -0.25) is 10.1 Å². The van der Waals surface area contributed by atoms with Crippen LogP contribution in [-0.4, -0.2) is 36.4 Å². The van der Waals surface area contributed by atoms with Crippen LogP contribution in [0.2, 0.25) is 0 Å². The van der Waals surface area contributed by atoms with E-state index in [1.165, 1.54) is 12.3 Å². The number of anilines is 1. The van der Waals surface area contributed by atoms with Gasteiger partial charge in [0, 0.05) is 29.9 Å². The first-order valence-electron chi connectivity index (χ1n) is 6.87. The maximum absolute atomic E-state index is 11.4. The highest BCUT2D eigenvalue weighted by Crippen LogP contribution is 2.35. The van der Waals surface area contributed by atoms with Crippen LogP contribution in [0.1, 0.15) is 13.3 Å². The number of rotatable bonds is 5. The second-order valence-corrected chi connectivity index (χ2v) is 6.58. The van der Waals surface area contributed by atoms with Crippen molar-refractivity contribution in [2.75, 3.05) is 18.1 Å². The Balaban J connectivity index is 2.27. The third kappa shape index (κ3) is 2.69. The van der Waals surface area contributed by atoms with Gasteiger partial charge in [-0.1, -0.05) is 6.92 Å². The molecule has 0 fully saturated rings. The van der Waals surface area contributed by atoms with Crippen molar-refractivity contribution in [2.24, 2.45) is 0 Å². The third-order valence-electron chi connectivity index (χ3n) is 3.21. The number of aromatic nitrogens is 3. The van der Waals surface area contributed by atoms with Crippen molar-refractivity contribution in [3.05, 3.63) is 24.5 Å². The lowest BCUT2D eigenvalue weighted by Crippen LogP contribution is -2.06. The van der Waals surface area contributed by atoms with Crippen LogP contribution in [0, 0.1) is 0 Å². The maximum Gasteiger partial charge on any atom is 0.306 e. The third-order valence-corrected chi connectivity index (χ3v) is 3.69. The van der Waals surface area contributed by atoms with E-state index in [-0.39, 0.29) is 5.75 Å². The van der Waals surface area contributed by atoms with Gasteiger partial charge in [-0.25, -0.2) is 0 Å². The summed E-state index contributed by atoms with van der Waals surface area (Å²) in [7, 11) is -3.62. The first kappa shape index (κ1) is 14.6. The number of nitrogens with one attached hydrogen (secondary N) is 2. The zero-order valence-corrected chi connectivity index (χ0v) is 13.1. The highest BCUT2D eigenvalue weighted by molar-refractivity contribution is 7.86. The molecule has 8 heteroatoms. The van der Waals surface area contributed by atoms with Crippen LogP contribution in [0.25, 0.3) is 21.8 Å². The van der Waals surface area contributed by atoms with Crippen molar-refractivity contribution in [3.63, 3.8) is 0 Å². The van der Waals surface area contributed by atoms with Crippen molar-refractivity contribution in [1.29, 1.82) is 0 Å². The van der Waals surface area contributed by atoms with Gasteiger partial charge in [0.25, 0.3) is 0 Å². The fourth-order valence-electron chi connectivity index (χ4n) is 2.35. The SMILES string of the molecule is CCCNc1cc2nccc(OS(C)(=O)=O)c2c2[nH]ncc12. The van der Waals surface area contributed by atoms with E-state index in [4.69, 9.17) is 4.18 Å². The highest BCUT2D eigenvalue weighted by Gasteiger charge is 2.15. The minimum absolute atomic E-state index is 0.240. The average molecular weight is 320 g/mol. The fourth-order valence-corrected chi connectivity index (χ4v) is 2.82. The van der Waals surface area contributed by atoms with Gasteiger partial charge >= 0.3 is 10.1 Å². The van der Waals surface area contributed by atoms with Crippen LogP contribution in [0.15, 0.2) is 24.5 Å². The number of hydrogen-bond donors (Lipinski definition) is 2. The quantitative estimate of drug-likeness (QED) is 0.700. The second kappa shape index (κ2) is 5.45. The summed E-state index contributed by atoms with van der Waals surface area (Å²) >= 11 is 0. The van der Waals surface area contributed by atoms with Gasteiger partial charge in [0.1, 0.15) is 0 Å². The predicted octanol–water partition coefficient (Wildman–Crippen LogP) is 2.27. The number of nitrogens with zero attached hydrogens (tertiary/aromatic N) is 2. The summed E-state index contributed by atoms with van der Waals surface area (Å²) in [5.41, 5.74) is 2.24. The van der Waals surface area contributed by atoms with Gasteiger partial charge in [-0.2, -0.15) is 13.5 Å². The molecule has 2 heterocycles. The molecule has 0 aliphatic rings. The van der Waals surface area contributed by atoms with Crippen molar-refractivity contribution in [1.82, 2.24) is 15.2 Å². The molecule has 0 unspecified atom stereocenters. The molecule has 0 saturated carbocycles. The van der Waals surface area contributed by atoms with Gasteiger partial charge in [-0.15, -0.1) is 0 Å². The number of benzene rings is 1. The lowest BCUT2D eigenvalue weighted by atomic mass is 10.1. The summed E-state index contributed by atoms with van der Waals surface area (Å²) in [5.74, 6) is 0.240. The molecule has 2 N–H and O–H groups in total. The van der Waals surface area contributed by atoms with Crippen LogP contribution in [-0.2, 0) is 10.1 Å². The van der Waals surface area contributed by atoms with E-state index in [1.807, 2.05) is 6.07 Å². The molecule has 7 nitrogen and oxygen atoms in total. The normalized spacial score (nSPS) is 11.9. The molecule has 116 valence electrons. The Morgan fingerprint density at radius 3 is 2.95 bits per heavy atom. The monoisotopic (exact) mass is 320 g/mol. The minimum atomic E-state index is -3.62. The molecule has 1 aromatic carbocycles. The Kier molecular flexibility index (Phi) is 3.61. The number of aromatic amines is 1. The Bertz CT molecular complexity index is 934. The topological polar surface area (TPSA) is 97.0 Å². The van der Waals surface area contributed by atoms with E-state index >= 15 is 0 Å². The van der Waals surface area contributed by atoms with Gasteiger partial charge in [-0.05, 0) is 12.5 Å². The van der Waals surface area contributed by atoms with Crippen LogP contribution < -0.4 is 9.50 Å². The van der Waals surface area contributed by atoms with Gasteiger partial charge in [0.2, 0.25) is 0 Å². The van der Waals surface area contributed by atoms with E-state index in [2.05, 4.69) is 27.4 Å². The maximum atomic E-state index is 11.4. The van der Waals surface area contributed by atoms with Gasteiger partial charge in [0.15, 0.2) is 5.75 Å². The summed E-state index contributed by atoms with van der Waals surface area (Å²) in [4.78, 5) is 4.31. The predicted molar refractivity (Wildman–Crippen MR) is 85.6 cm³/mol. The van der Waals surface area contributed by atoms with E-state index in [0.29, 0.717) is 16.4 Å². The molecule has 0 aliphatic heterocycles. The molecule has 0 radical (unpaired) electrons. The summed E-state index contributed by atoms with van der Waals surface area (Å²) in [6.07, 6.45) is 5.22. The summed E-state index contributed by atoms with van der Waals surface area (Å²) in [6, 6.07) is 3.40. The lowest BCUT2D eigenvalue weighted by molar-refractivity contribution is 0.495. The van der Waals surface area contributed by atoms with Crippen LogP contribution in [0.5, 0.6) is 5.75 Å². The van der Waals surface area contributed by atoms with Gasteiger partial charge in [0.05, 0.1) is 28.9 Å². The van der Waals surface area contributed by atoms with Crippen LogP contribution in [0.3, 0.4) is 0 Å². The Morgan fingerprint density at radius 1 is 1.41 bits per heavy atom. The molecule has 0 saturated heterocycles. The van der Waals surface area contributed by atoms with Crippen molar-refractivity contribution in [3.8, 4) is 5.75 Å². The zero-order valence-electron chi connectivity index (χ0n) is 12.3.